The maximum Gasteiger partial charge on any atom is 0.256 e. The Morgan fingerprint density at radius 1 is 0.875 bits per heavy atom. The second kappa shape index (κ2) is 10.6. The molecule has 3 aromatic carbocycles. The third-order valence-electron chi connectivity index (χ3n) is 7.61. The Bertz CT molecular complexity index is 1440. The van der Waals surface area contributed by atoms with Crippen LogP contribution in [0.5, 0.6) is 11.5 Å². The molecule has 6 rings (SSSR count). The lowest BCUT2D eigenvalue weighted by Crippen LogP contribution is -2.59. The molecule has 1 N–H and O–H groups in total. The monoisotopic (exact) mass is 545 g/mol. The zero-order chi connectivity index (χ0) is 27.7. The third-order valence-corrected chi connectivity index (χ3v) is 7.61. The van der Waals surface area contributed by atoms with Gasteiger partial charge in [0, 0.05) is 43.6 Å². The molecule has 2 saturated heterocycles. The number of carbonyl (C=O) groups excluding carboxylic acids is 3. The van der Waals surface area contributed by atoms with E-state index in [1.54, 1.807) is 46.2 Å². The van der Waals surface area contributed by atoms with E-state index in [4.69, 9.17) is 14.2 Å². The number of benzene rings is 3. The van der Waals surface area contributed by atoms with Gasteiger partial charge in [0.25, 0.3) is 11.8 Å². The normalized spacial score (nSPS) is 19.1. The van der Waals surface area contributed by atoms with Gasteiger partial charge >= 0.3 is 0 Å². The molecule has 206 valence electrons. The Morgan fingerprint density at radius 2 is 1.62 bits per heavy atom. The van der Waals surface area contributed by atoms with Crippen LogP contribution in [0.25, 0.3) is 0 Å². The molecular formula is C30H28FN3O6. The van der Waals surface area contributed by atoms with Crippen molar-refractivity contribution in [2.24, 2.45) is 0 Å². The van der Waals surface area contributed by atoms with E-state index in [1.807, 2.05) is 18.2 Å². The first-order chi connectivity index (χ1) is 19.4. The molecule has 0 bridgehead atoms. The predicted octanol–water partition coefficient (Wildman–Crippen LogP) is 3.34. The second-order valence-electron chi connectivity index (χ2n) is 10.0. The average molecular weight is 546 g/mol. The molecule has 2 fully saturated rings. The number of nitrogens with zero attached hydrogens (tertiary/aromatic N) is 2. The first-order valence-electron chi connectivity index (χ1n) is 13.2. The Balaban J connectivity index is 1.20. The topological polar surface area (TPSA) is 97.4 Å². The van der Waals surface area contributed by atoms with Gasteiger partial charge < -0.3 is 24.4 Å². The van der Waals surface area contributed by atoms with E-state index in [1.165, 1.54) is 18.2 Å². The molecular weight excluding hydrogens is 517 g/mol. The quantitative estimate of drug-likeness (QED) is 0.528. The summed E-state index contributed by atoms with van der Waals surface area (Å²) in [6.07, 6.45) is 0.636. The van der Waals surface area contributed by atoms with Gasteiger partial charge in [0.2, 0.25) is 12.7 Å². The Morgan fingerprint density at radius 3 is 2.40 bits per heavy atom. The number of likely N-dealkylation sites (tertiary alicyclic amines) is 1. The van der Waals surface area contributed by atoms with Crippen LogP contribution in [-0.2, 0) is 16.1 Å². The van der Waals surface area contributed by atoms with Crippen LogP contribution in [0, 0.1) is 5.82 Å². The average Bonchev–Trinajstić information content (AvgIpc) is 3.60. The molecule has 10 heteroatoms. The number of amides is 3. The molecule has 1 spiro atoms. The van der Waals surface area contributed by atoms with Crippen molar-refractivity contribution in [3.8, 4) is 11.5 Å². The predicted molar refractivity (Wildman–Crippen MR) is 141 cm³/mol. The smallest absolute Gasteiger partial charge is 0.256 e. The zero-order valence-electron chi connectivity index (χ0n) is 21.7. The fourth-order valence-corrected chi connectivity index (χ4v) is 5.51. The molecule has 0 aromatic heterocycles. The van der Waals surface area contributed by atoms with Crippen molar-refractivity contribution >= 4 is 17.7 Å². The summed E-state index contributed by atoms with van der Waals surface area (Å²) in [5.41, 5.74) is 0.490. The highest BCUT2D eigenvalue weighted by Crippen LogP contribution is 2.39. The maximum absolute atomic E-state index is 13.8. The lowest BCUT2D eigenvalue weighted by molar-refractivity contribution is -0.128. The summed E-state index contributed by atoms with van der Waals surface area (Å²) < 4.78 is 30.7. The number of fused-ring (bicyclic) bond motifs is 1. The molecule has 3 amide bonds. The van der Waals surface area contributed by atoms with E-state index in [9.17, 15) is 18.8 Å². The van der Waals surface area contributed by atoms with Crippen molar-refractivity contribution in [2.45, 2.75) is 31.2 Å². The minimum Gasteiger partial charge on any atom is -0.454 e. The van der Waals surface area contributed by atoms with Gasteiger partial charge in [-0.25, -0.2) is 4.39 Å². The van der Waals surface area contributed by atoms with E-state index in [0.717, 1.165) is 5.56 Å². The van der Waals surface area contributed by atoms with E-state index in [0.29, 0.717) is 43.0 Å². The molecule has 9 nitrogen and oxygen atoms in total. The molecule has 1 atom stereocenters. The lowest BCUT2D eigenvalue weighted by atomic mass is 9.96. The van der Waals surface area contributed by atoms with Crippen LogP contribution >= 0.6 is 0 Å². The minimum absolute atomic E-state index is 0.0311. The highest BCUT2D eigenvalue weighted by atomic mass is 19.1. The van der Waals surface area contributed by atoms with Crippen molar-refractivity contribution < 1.29 is 33.0 Å². The van der Waals surface area contributed by atoms with Crippen LogP contribution in [0.4, 0.5) is 4.39 Å². The number of halogens is 1. The molecule has 3 heterocycles. The van der Waals surface area contributed by atoms with Crippen molar-refractivity contribution in [1.29, 1.82) is 0 Å². The molecule has 40 heavy (non-hydrogen) atoms. The summed E-state index contributed by atoms with van der Waals surface area (Å²) in [5, 5.41) is 2.93. The molecule has 0 aliphatic carbocycles. The largest absolute Gasteiger partial charge is 0.454 e. The zero-order valence-corrected chi connectivity index (χ0v) is 21.7. The van der Waals surface area contributed by atoms with Crippen LogP contribution in [0.3, 0.4) is 0 Å². The van der Waals surface area contributed by atoms with Gasteiger partial charge in [0.1, 0.15) is 17.6 Å². The van der Waals surface area contributed by atoms with Crippen LogP contribution in [-0.4, -0.2) is 65.8 Å². The lowest BCUT2D eigenvalue weighted by Gasteiger charge is -2.44. The summed E-state index contributed by atoms with van der Waals surface area (Å²) in [6.45, 7) is 1.01. The minimum atomic E-state index is -1.05. The Labute approximate surface area is 230 Å². The fraction of sp³-hybridized carbons (Fsp3) is 0.300. The number of carbonyl (C=O) groups is 3. The van der Waals surface area contributed by atoms with E-state index >= 15 is 0 Å². The van der Waals surface area contributed by atoms with Gasteiger partial charge in [-0.1, -0.05) is 30.3 Å². The summed E-state index contributed by atoms with van der Waals surface area (Å²) in [4.78, 5) is 43.5. The van der Waals surface area contributed by atoms with Crippen molar-refractivity contribution in [3.63, 3.8) is 0 Å². The SMILES string of the molecule is O=C(NCc1ccc2c(c1)OCO2)[C@@H]1COC2(CCN(C(=O)c3cccc(F)c3)CC2)N1C(=O)c1ccccc1. The van der Waals surface area contributed by atoms with Crippen molar-refractivity contribution in [3.05, 3.63) is 95.3 Å². The molecule has 3 aliphatic rings. The van der Waals surface area contributed by atoms with Gasteiger partial charge in [-0.2, -0.15) is 0 Å². The Hall–Kier alpha value is -4.44. The van der Waals surface area contributed by atoms with Crippen LogP contribution in [0.15, 0.2) is 72.8 Å². The van der Waals surface area contributed by atoms with Crippen molar-refractivity contribution in [2.75, 3.05) is 26.5 Å². The summed E-state index contributed by atoms with van der Waals surface area (Å²) >= 11 is 0. The highest BCUT2D eigenvalue weighted by molar-refractivity contribution is 5.98. The van der Waals surface area contributed by atoms with Crippen LogP contribution in [0.2, 0.25) is 0 Å². The summed E-state index contributed by atoms with van der Waals surface area (Å²) in [5.74, 6) is -0.138. The summed E-state index contributed by atoms with van der Waals surface area (Å²) in [6, 6.07) is 19.0. The standard InChI is InChI=1S/C30H28FN3O6/c31-23-8-4-7-22(16-23)28(36)33-13-11-30(12-14-33)34(29(37)21-5-2-1-3-6-21)24(18-40-30)27(35)32-17-20-9-10-25-26(15-20)39-19-38-25/h1-10,15-16,24H,11-14,17-19H2,(H,32,35)/t24-/m0/s1. The van der Waals surface area contributed by atoms with Crippen LogP contribution in [0.1, 0.15) is 39.1 Å². The molecule has 0 saturated carbocycles. The molecule has 3 aromatic rings. The van der Waals surface area contributed by atoms with Crippen molar-refractivity contribution in [1.82, 2.24) is 15.1 Å². The van der Waals surface area contributed by atoms with E-state index in [-0.39, 0.29) is 43.2 Å². The maximum atomic E-state index is 13.8. The molecule has 0 unspecified atom stereocenters. The third kappa shape index (κ3) is 4.86. The first kappa shape index (κ1) is 25.8. The van der Waals surface area contributed by atoms with Gasteiger partial charge in [0.05, 0.1) is 6.61 Å². The fourth-order valence-electron chi connectivity index (χ4n) is 5.51. The second-order valence-corrected chi connectivity index (χ2v) is 10.0. The summed E-state index contributed by atoms with van der Waals surface area (Å²) in [7, 11) is 0. The molecule has 0 radical (unpaired) electrons. The van der Waals surface area contributed by atoms with Gasteiger partial charge in [-0.3, -0.25) is 19.3 Å². The number of ether oxygens (including phenoxy) is 3. The number of rotatable bonds is 5. The first-order valence-corrected chi connectivity index (χ1v) is 13.2. The van der Waals surface area contributed by atoms with E-state index in [2.05, 4.69) is 5.32 Å². The number of nitrogens with one attached hydrogen (secondary N) is 1. The number of hydrogen-bond donors (Lipinski definition) is 1. The van der Waals surface area contributed by atoms with Gasteiger partial charge in [0.15, 0.2) is 11.5 Å². The molecule has 3 aliphatic heterocycles. The highest BCUT2D eigenvalue weighted by Gasteiger charge is 2.54. The van der Waals surface area contributed by atoms with E-state index < -0.39 is 17.6 Å². The van der Waals surface area contributed by atoms with Gasteiger partial charge in [-0.05, 0) is 48.0 Å². The van der Waals surface area contributed by atoms with Gasteiger partial charge in [-0.15, -0.1) is 0 Å². The Kier molecular flexibility index (Phi) is 6.85. The van der Waals surface area contributed by atoms with Crippen LogP contribution < -0.4 is 14.8 Å². The number of hydrogen-bond acceptors (Lipinski definition) is 6. The number of piperidine rings is 1.